The summed E-state index contributed by atoms with van der Waals surface area (Å²) in [5.41, 5.74) is 0.563. The van der Waals surface area contributed by atoms with Gasteiger partial charge in [0.25, 0.3) is 0 Å². The molecule has 20 heavy (non-hydrogen) atoms. The summed E-state index contributed by atoms with van der Waals surface area (Å²) in [6.07, 6.45) is 2.42. The van der Waals surface area contributed by atoms with E-state index in [4.69, 9.17) is 4.74 Å². The molecule has 0 unspecified atom stereocenters. The van der Waals surface area contributed by atoms with Gasteiger partial charge in [0.15, 0.2) is 0 Å². The van der Waals surface area contributed by atoms with E-state index in [1.807, 2.05) is 13.8 Å². The number of hydrogen-bond acceptors (Lipinski definition) is 4. The Morgan fingerprint density at radius 1 is 1.25 bits per heavy atom. The van der Waals surface area contributed by atoms with Gasteiger partial charge in [-0.1, -0.05) is 0 Å². The Morgan fingerprint density at radius 2 is 1.90 bits per heavy atom. The lowest BCUT2D eigenvalue weighted by Gasteiger charge is -2.11. The molecule has 0 saturated heterocycles. The van der Waals surface area contributed by atoms with Crippen LogP contribution >= 0.6 is 0 Å². The van der Waals surface area contributed by atoms with Crippen molar-refractivity contribution in [1.29, 1.82) is 0 Å². The van der Waals surface area contributed by atoms with E-state index in [1.54, 1.807) is 24.3 Å². The Labute approximate surface area is 120 Å². The topological polar surface area (TPSA) is 67.4 Å². The summed E-state index contributed by atoms with van der Waals surface area (Å²) in [7, 11) is -3.29. The summed E-state index contributed by atoms with van der Waals surface area (Å²) in [5.74, 6) is 0.826. The van der Waals surface area contributed by atoms with Crippen molar-refractivity contribution in [3.8, 4) is 5.75 Å². The third kappa shape index (κ3) is 5.38. The van der Waals surface area contributed by atoms with Crippen LogP contribution in [0, 0.1) is 0 Å². The lowest BCUT2D eigenvalue weighted by atomic mass is 10.3. The fourth-order valence-electron chi connectivity index (χ4n) is 1.79. The van der Waals surface area contributed by atoms with Crippen LogP contribution in [0.4, 0.5) is 5.69 Å². The van der Waals surface area contributed by atoms with Crippen LogP contribution in [0.15, 0.2) is 24.3 Å². The quantitative estimate of drug-likeness (QED) is 0.770. The minimum atomic E-state index is -3.29. The van der Waals surface area contributed by atoms with Gasteiger partial charge in [0.2, 0.25) is 10.0 Å². The van der Waals surface area contributed by atoms with E-state index >= 15 is 0 Å². The Bertz CT molecular complexity index is 522. The molecule has 0 amide bonds. The first-order chi connectivity index (χ1) is 9.44. The normalized spacial score (nSPS) is 15.3. The fourth-order valence-corrected chi connectivity index (χ4v) is 2.77. The summed E-state index contributed by atoms with van der Waals surface area (Å²) < 4.78 is 31.8. The zero-order valence-corrected chi connectivity index (χ0v) is 12.7. The third-order valence-electron chi connectivity index (χ3n) is 2.88. The highest BCUT2D eigenvalue weighted by Gasteiger charge is 2.21. The van der Waals surface area contributed by atoms with Crippen molar-refractivity contribution < 1.29 is 13.2 Å². The van der Waals surface area contributed by atoms with Crippen LogP contribution < -0.4 is 14.8 Å². The van der Waals surface area contributed by atoms with Gasteiger partial charge in [-0.15, -0.1) is 0 Å². The largest absolute Gasteiger partial charge is 0.491 e. The molecule has 1 saturated carbocycles. The molecule has 6 heteroatoms. The first kappa shape index (κ1) is 15.1. The SMILES string of the molecule is CC(C)Oc1ccc(NS(=O)(=O)CCNC2CC2)cc1. The van der Waals surface area contributed by atoms with E-state index in [2.05, 4.69) is 10.0 Å². The molecule has 1 aliphatic carbocycles. The maximum atomic E-state index is 11.9. The minimum absolute atomic E-state index is 0.0910. The molecule has 5 nitrogen and oxygen atoms in total. The molecule has 0 spiro atoms. The molecule has 1 aliphatic rings. The first-order valence-corrected chi connectivity index (χ1v) is 8.60. The van der Waals surface area contributed by atoms with Crippen molar-refractivity contribution in [2.45, 2.75) is 38.8 Å². The molecule has 1 aromatic rings. The van der Waals surface area contributed by atoms with Gasteiger partial charge in [-0.25, -0.2) is 8.42 Å². The molecule has 0 aliphatic heterocycles. The van der Waals surface area contributed by atoms with Gasteiger partial charge in [-0.2, -0.15) is 0 Å². The van der Waals surface area contributed by atoms with Crippen LogP contribution in [0.25, 0.3) is 0 Å². The standard InChI is InChI=1S/C14H22N2O3S/c1-11(2)19-14-7-5-13(6-8-14)16-20(17,18)10-9-15-12-3-4-12/h5-8,11-12,15-16H,3-4,9-10H2,1-2H3. The summed E-state index contributed by atoms with van der Waals surface area (Å²) in [6.45, 7) is 4.39. The molecule has 2 N–H and O–H groups in total. The number of nitrogens with one attached hydrogen (secondary N) is 2. The number of ether oxygens (including phenoxy) is 1. The maximum Gasteiger partial charge on any atom is 0.233 e. The van der Waals surface area contributed by atoms with E-state index in [-0.39, 0.29) is 11.9 Å². The summed E-state index contributed by atoms with van der Waals surface area (Å²) in [5, 5.41) is 3.19. The van der Waals surface area contributed by atoms with Crippen LogP contribution in [0.1, 0.15) is 26.7 Å². The summed E-state index contributed by atoms with van der Waals surface area (Å²) in [6, 6.07) is 7.48. The fraction of sp³-hybridized carbons (Fsp3) is 0.571. The molecule has 1 aromatic carbocycles. The average Bonchev–Trinajstić information content (AvgIpc) is 3.14. The minimum Gasteiger partial charge on any atom is -0.491 e. The number of rotatable bonds is 8. The van der Waals surface area contributed by atoms with Crippen LogP contribution in [0.5, 0.6) is 5.75 Å². The maximum absolute atomic E-state index is 11.9. The van der Waals surface area contributed by atoms with Gasteiger partial charge >= 0.3 is 0 Å². The molecule has 0 radical (unpaired) electrons. The van der Waals surface area contributed by atoms with Crippen LogP contribution in [-0.2, 0) is 10.0 Å². The zero-order valence-electron chi connectivity index (χ0n) is 11.9. The number of benzene rings is 1. The van der Waals surface area contributed by atoms with Crippen molar-refractivity contribution >= 4 is 15.7 Å². The van der Waals surface area contributed by atoms with Crippen LogP contribution in [0.3, 0.4) is 0 Å². The van der Waals surface area contributed by atoms with E-state index in [9.17, 15) is 8.42 Å². The Morgan fingerprint density at radius 3 is 2.45 bits per heavy atom. The second-order valence-electron chi connectivity index (χ2n) is 5.34. The van der Waals surface area contributed by atoms with Crippen molar-refractivity contribution in [2.75, 3.05) is 17.0 Å². The molecular formula is C14H22N2O3S. The van der Waals surface area contributed by atoms with Crippen molar-refractivity contribution in [1.82, 2.24) is 5.32 Å². The van der Waals surface area contributed by atoms with Gasteiger partial charge < -0.3 is 10.1 Å². The van der Waals surface area contributed by atoms with Gasteiger partial charge in [0.1, 0.15) is 5.75 Å². The van der Waals surface area contributed by atoms with Gasteiger partial charge in [-0.3, -0.25) is 4.72 Å². The number of anilines is 1. The molecule has 112 valence electrons. The van der Waals surface area contributed by atoms with Crippen LogP contribution in [0.2, 0.25) is 0 Å². The molecule has 1 fully saturated rings. The van der Waals surface area contributed by atoms with E-state index in [1.165, 1.54) is 0 Å². The molecule has 0 heterocycles. The highest BCUT2D eigenvalue weighted by atomic mass is 32.2. The van der Waals surface area contributed by atoms with E-state index in [0.717, 1.165) is 18.6 Å². The Kier molecular flexibility index (Phi) is 4.88. The zero-order chi connectivity index (χ0) is 14.6. The highest BCUT2D eigenvalue weighted by Crippen LogP contribution is 2.19. The van der Waals surface area contributed by atoms with Crippen molar-refractivity contribution in [2.24, 2.45) is 0 Å². The van der Waals surface area contributed by atoms with Crippen LogP contribution in [-0.4, -0.2) is 32.9 Å². The van der Waals surface area contributed by atoms with Gasteiger partial charge in [-0.05, 0) is 51.0 Å². The van der Waals surface area contributed by atoms with Crippen molar-refractivity contribution in [3.63, 3.8) is 0 Å². The Hall–Kier alpha value is -1.27. The number of hydrogen-bond donors (Lipinski definition) is 2. The van der Waals surface area contributed by atoms with E-state index in [0.29, 0.717) is 18.3 Å². The third-order valence-corrected chi connectivity index (χ3v) is 4.17. The molecule has 0 atom stereocenters. The molecular weight excluding hydrogens is 276 g/mol. The average molecular weight is 298 g/mol. The number of sulfonamides is 1. The summed E-state index contributed by atoms with van der Waals surface area (Å²) >= 11 is 0. The van der Waals surface area contributed by atoms with Gasteiger partial charge in [0, 0.05) is 18.3 Å². The van der Waals surface area contributed by atoms with E-state index < -0.39 is 10.0 Å². The predicted molar refractivity (Wildman–Crippen MR) is 80.6 cm³/mol. The lowest BCUT2D eigenvalue weighted by molar-refractivity contribution is 0.242. The molecule has 0 aromatic heterocycles. The second kappa shape index (κ2) is 6.45. The predicted octanol–water partition coefficient (Wildman–Crippen LogP) is 1.97. The second-order valence-corrected chi connectivity index (χ2v) is 7.18. The van der Waals surface area contributed by atoms with Gasteiger partial charge in [0.05, 0.1) is 11.9 Å². The monoisotopic (exact) mass is 298 g/mol. The summed E-state index contributed by atoms with van der Waals surface area (Å²) in [4.78, 5) is 0. The Balaban J connectivity index is 1.84. The molecule has 2 rings (SSSR count). The van der Waals surface area contributed by atoms with Crippen molar-refractivity contribution in [3.05, 3.63) is 24.3 Å². The smallest absolute Gasteiger partial charge is 0.233 e. The lowest BCUT2D eigenvalue weighted by Crippen LogP contribution is -2.27. The first-order valence-electron chi connectivity index (χ1n) is 6.95. The molecule has 0 bridgehead atoms. The highest BCUT2D eigenvalue weighted by molar-refractivity contribution is 7.92.